The molecule has 2 rings (SSSR count). The smallest absolute Gasteiger partial charge is 0.360 e. The minimum atomic E-state index is -0.527. The number of aromatic nitrogens is 2. The standard InChI is InChI=1S/C16H21N3O2/c1-10-18-13(15(20)21-5)14(17)19(10)12-8-6-11(7-9-12)16(2,3)4/h6-9H,17H2,1-5H3. The molecule has 21 heavy (non-hydrogen) atoms. The first-order chi connectivity index (χ1) is 9.75. The van der Waals surface area contributed by atoms with Crippen molar-refractivity contribution in [3.8, 4) is 5.69 Å². The predicted octanol–water partition coefficient (Wildman–Crippen LogP) is 2.85. The Kier molecular flexibility index (Phi) is 3.77. The quantitative estimate of drug-likeness (QED) is 0.862. The van der Waals surface area contributed by atoms with Gasteiger partial charge in [-0.2, -0.15) is 0 Å². The first kappa shape index (κ1) is 15.1. The van der Waals surface area contributed by atoms with Crippen molar-refractivity contribution < 1.29 is 9.53 Å². The average molecular weight is 287 g/mol. The molecule has 1 heterocycles. The minimum absolute atomic E-state index is 0.0885. The van der Waals surface area contributed by atoms with Crippen LogP contribution in [0.1, 0.15) is 42.6 Å². The van der Waals surface area contributed by atoms with Gasteiger partial charge in [-0.15, -0.1) is 0 Å². The van der Waals surface area contributed by atoms with Crippen LogP contribution < -0.4 is 5.73 Å². The number of hydrogen-bond acceptors (Lipinski definition) is 4. The molecule has 5 heteroatoms. The summed E-state index contributed by atoms with van der Waals surface area (Å²) in [5.41, 5.74) is 8.38. The highest BCUT2D eigenvalue weighted by Gasteiger charge is 2.20. The van der Waals surface area contributed by atoms with Crippen molar-refractivity contribution >= 4 is 11.8 Å². The number of benzene rings is 1. The van der Waals surface area contributed by atoms with Crippen molar-refractivity contribution in [3.63, 3.8) is 0 Å². The molecular weight excluding hydrogens is 266 g/mol. The first-order valence-corrected chi connectivity index (χ1v) is 6.79. The van der Waals surface area contributed by atoms with E-state index in [1.165, 1.54) is 12.7 Å². The lowest BCUT2D eigenvalue weighted by molar-refractivity contribution is 0.0596. The molecule has 0 aliphatic heterocycles. The number of rotatable bonds is 2. The fourth-order valence-electron chi connectivity index (χ4n) is 2.23. The zero-order valence-electron chi connectivity index (χ0n) is 13.1. The number of carbonyl (C=O) groups is 1. The lowest BCUT2D eigenvalue weighted by Crippen LogP contribution is -2.11. The Hall–Kier alpha value is -2.30. The third-order valence-corrected chi connectivity index (χ3v) is 3.45. The molecule has 0 bridgehead atoms. The Morgan fingerprint density at radius 3 is 2.29 bits per heavy atom. The highest BCUT2D eigenvalue weighted by atomic mass is 16.5. The maximum absolute atomic E-state index is 11.6. The van der Waals surface area contributed by atoms with E-state index in [0.29, 0.717) is 11.6 Å². The molecule has 0 spiro atoms. The monoisotopic (exact) mass is 287 g/mol. The third-order valence-electron chi connectivity index (χ3n) is 3.45. The number of nitrogens with two attached hydrogens (primary N) is 1. The van der Waals surface area contributed by atoms with E-state index in [1.807, 2.05) is 12.1 Å². The molecule has 2 aromatic rings. The van der Waals surface area contributed by atoms with E-state index >= 15 is 0 Å². The second-order valence-electron chi connectivity index (χ2n) is 6.02. The van der Waals surface area contributed by atoms with Crippen LogP contribution in [0.5, 0.6) is 0 Å². The first-order valence-electron chi connectivity index (χ1n) is 6.79. The Morgan fingerprint density at radius 1 is 1.24 bits per heavy atom. The van der Waals surface area contributed by atoms with Crippen LogP contribution in [0.15, 0.2) is 24.3 Å². The number of carbonyl (C=O) groups excluding carboxylic acids is 1. The second-order valence-corrected chi connectivity index (χ2v) is 6.02. The van der Waals surface area contributed by atoms with Gasteiger partial charge in [-0.25, -0.2) is 9.78 Å². The number of hydrogen-bond donors (Lipinski definition) is 1. The Bertz CT molecular complexity index is 664. The van der Waals surface area contributed by atoms with E-state index in [-0.39, 0.29) is 11.1 Å². The van der Waals surface area contributed by atoms with Gasteiger partial charge in [0, 0.05) is 5.69 Å². The van der Waals surface area contributed by atoms with Crippen LogP contribution in [0.2, 0.25) is 0 Å². The molecule has 0 atom stereocenters. The Morgan fingerprint density at radius 2 is 1.81 bits per heavy atom. The molecule has 0 amide bonds. The lowest BCUT2D eigenvalue weighted by atomic mass is 9.87. The summed E-state index contributed by atoms with van der Waals surface area (Å²) in [6.07, 6.45) is 0. The molecular formula is C16H21N3O2. The molecule has 0 saturated carbocycles. The molecule has 0 aliphatic carbocycles. The van der Waals surface area contributed by atoms with Gasteiger partial charge in [0.15, 0.2) is 5.69 Å². The van der Waals surface area contributed by atoms with Crippen LogP contribution in [0.3, 0.4) is 0 Å². The van der Waals surface area contributed by atoms with Gasteiger partial charge in [0.05, 0.1) is 7.11 Å². The van der Waals surface area contributed by atoms with Crippen LogP contribution in [0.25, 0.3) is 5.69 Å². The maximum atomic E-state index is 11.6. The fourth-order valence-corrected chi connectivity index (χ4v) is 2.23. The summed E-state index contributed by atoms with van der Waals surface area (Å²) >= 11 is 0. The number of methoxy groups -OCH3 is 1. The maximum Gasteiger partial charge on any atom is 0.360 e. The van der Waals surface area contributed by atoms with Crippen LogP contribution in [0, 0.1) is 6.92 Å². The zero-order chi connectivity index (χ0) is 15.8. The van der Waals surface area contributed by atoms with Gasteiger partial charge in [-0.3, -0.25) is 4.57 Å². The minimum Gasteiger partial charge on any atom is -0.464 e. The van der Waals surface area contributed by atoms with E-state index in [9.17, 15) is 4.79 Å². The molecule has 0 aliphatic rings. The number of imidazole rings is 1. The molecule has 5 nitrogen and oxygen atoms in total. The molecule has 112 valence electrons. The van der Waals surface area contributed by atoms with Crippen LogP contribution in [0.4, 0.5) is 5.82 Å². The summed E-state index contributed by atoms with van der Waals surface area (Å²) in [5, 5.41) is 0. The van der Waals surface area contributed by atoms with Crippen molar-refractivity contribution in [3.05, 3.63) is 41.3 Å². The predicted molar refractivity (Wildman–Crippen MR) is 82.8 cm³/mol. The fraction of sp³-hybridized carbons (Fsp3) is 0.375. The highest BCUT2D eigenvalue weighted by molar-refractivity contribution is 5.92. The normalized spacial score (nSPS) is 11.5. The molecule has 2 N–H and O–H groups in total. The van der Waals surface area contributed by atoms with Gasteiger partial charge in [0.1, 0.15) is 11.6 Å². The molecule has 0 radical (unpaired) electrons. The lowest BCUT2D eigenvalue weighted by Gasteiger charge is -2.19. The number of anilines is 1. The number of ether oxygens (including phenoxy) is 1. The van der Waals surface area contributed by atoms with Gasteiger partial charge < -0.3 is 10.5 Å². The van der Waals surface area contributed by atoms with Crippen LogP contribution in [-0.4, -0.2) is 22.6 Å². The van der Waals surface area contributed by atoms with Gasteiger partial charge in [0.2, 0.25) is 0 Å². The molecule has 0 fully saturated rings. The highest BCUT2D eigenvalue weighted by Crippen LogP contribution is 2.26. The van der Waals surface area contributed by atoms with Crippen molar-refractivity contribution in [1.82, 2.24) is 9.55 Å². The van der Waals surface area contributed by atoms with Gasteiger partial charge in [-0.05, 0) is 30.0 Å². The summed E-state index contributed by atoms with van der Waals surface area (Å²) in [4.78, 5) is 15.8. The summed E-state index contributed by atoms with van der Waals surface area (Å²) in [5.74, 6) is 0.417. The molecule has 0 unspecified atom stereocenters. The van der Waals surface area contributed by atoms with Crippen molar-refractivity contribution in [2.45, 2.75) is 33.1 Å². The second kappa shape index (κ2) is 5.24. The number of nitrogen functional groups attached to an aromatic ring is 1. The summed E-state index contributed by atoms with van der Waals surface area (Å²) < 4.78 is 6.44. The van der Waals surface area contributed by atoms with Crippen molar-refractivity contribution in [2.75, 3.05) is 12.8 Å². The number of aryl methyl sites for hydroxylation is 1. The largest absolute Gasteiger partial charge is 0.464 e. The number of esters is 1. The average Bonchev–Trinajstić information content (AvgIpc) is 2.72. The van der Waals surface area contributed by atoms with Crippen LogP contribution >= 0.6 is 0 Å². The molecule has 1 aromatic heterocycles. The van der Waals surface area contributed by atoms with Gasteiger partial charge >= 0.3 is 5.97 Å². The molecule has 1 aromatic carbocycles. The summed E-state index contributed by atoms with van der Waals surface area (Å²) in [6, 6.07) is 8.08. The van der Waals surface area contributed by atoms with Crippen molar-refractivity contribution in [2.24, 2.45) is 0 Å². The zero-order valence-corrected chi connectivity index (χ0v) is 13.1. The summed E-state index contributed by atoms with van der Waals surface area (Å²) in [6.45, 7) is 8.29. The van der Waals surface area contributed by atoms with E-state index in [1.54, 1.807) is 11.5 Å². The van der Waals surface area contributed by atoms with Crippen molar-refractivity contribution in [1.29, 1.82) is 0 Å². The van der Waals surface area contributed by atoms with E-state index < -0.39 is 5.97 Å². The Balaban J connectivity index is 2.48. The Labute approximate surface area is 124 Å². The summed E-state index contributed by atoms with van der Waals surface area (Å²) in [7, 11) is 1.31. The van der Waals surface area contributed by atoms with Gasteiger partial charge in [-0.1, -0.05) is 32.9 Å². The third kappa shape index (κ3) is 2.77. The van der Waals surface area contributed by atoms with E-state index in [4.69, 9.17) is 10.5 Å². The number of nitrogens with zero attached hydrogens (tertiary/aromatic N) is 2. The van der Waals surface area contributed by atoms with Crippen LogP contribution in [-0.2, 0) is 10.2 Å². The topological polar surface area (TPSA) is 70.1 Å². The van der Waals surface area contributed by atoms with Gasteiger partial charge in [0.25, 0.3) is 0 Å². The molecule has 0 saturated heterocycles. The van der Waals surface area contributed by atoms with E-state index in [2.05, 4.69) is 37.9 Å². The van der Waals surface area contributed by atoms with E-state index in [0.717, 1.165) is 5.69 Å². The SMILES string of the molecule is COC(=O)c1nc(C)n(-c2ccc(C(C)(C)C)cc2)c1N.